The van der Waals surface area contributed by atoms with Crippen molar-refractivity contribution in [1.82, 2.24) is 0 Å². The van der Waals surface area contributed by atoms with Gasteiger partial charge in [0.2, 0.25) is 0 Å². The lowest BCUT2D eigenvalue weighted by molar-refractivity contribution is 0.927. The van der Waals surface area contributed by atoms with Crippen LogP contribution in [0.2, 0.25) is 0 Å². The molecule has 0 N–H and O–H groups in total. The fourth-order valence-corrected chi connectivity index (χ4v) is 8.94. The van der Waals surface area contributed by atoms with Crippen molar-refractivity contribution in [3.63, 3.8) is 0 Å². The van der Waals surface area contributed by atoms with Crippen molar-refractivity contribution in [2.45, 2.75) is 24.7 Å². The fourth-order valence-electron chi connectivity index (χ4n) is 4.08. The van der Waals surface area contributed by atoms with Crippen LogP contribution in [0.4, 0.5) is 0 Å². The molecule has 1 aliphatic carbocycles. The van der Waals surface area contributed by atoms with Crippen molar-refractivity contribution in [2.75, 3.05) is 0 Å². The van der Waals surface area contributed by atoms with Crippen molar-refractivity contribution in [1.29, 1.82) is 0 Å². The number of hydrogen-bond acceptors (Lipinski definition) is 0. The number of allylic oxidation sites excluding steroid dienone is 2. The first kappa shape index (κ1) is 19.1. The van der Waals surface area contributed by atoms with Crippen molar-refractivity contribution < 1.29 is 0 Å². The summed E-state index contributed by atoms with van der Waals surface area (Å²) in [5.41, 5.74) is 2.08. The van der Waals surface area contributed by atoms with Gasteiger partial charge in [-0.1, -0.05) is 72.8 Å². The van der Waals surface area contributed by atoms with Crippen molar-refractivity contribution in [3.05, 3.63) is 109 Å². The van der Waals surface area contributed by atoms with E-state index < -0.39 is 7.26 Å². The molecular weight excluding hydrogens is 399 g/mol. The van der Waals surface area contributed by atoms with Gasteiger partial charge in [-0.05, 0) is 48.7 Å². The molecule has 2 heteroatoms. The van der Waals surface area contributed by atoms with E-state index in [0.29, 0.717) is 5.66 Å². The lowest BCUT2D eigenvalue weighted by atomic mass is 10.2. The topological polar surface area (TPSA) is 0 Å². The van der Waals surface area contributed by atoms with E-state index in [1.165, 1.54) is 29.0 Å². The Hall–Kier alpha value is -1.69. The van der Waals surface area contributed by atoms with Crippen LogP contribution in [0.15, 0.2) is 103 Å². The third-order valence-electron chi connectivity index (χ3n) is 5.26. The minimum absolute atomic E-state index is 0. The third-order valence-corrected chi connectivity index (χ3v) is 10.1. The summed E-state index contributed by atoms with van der Waals surface area (Å²) in [7, 11) is -1.56. The summed E-state index contributed by atoms with van der Waals surface area (Å²) in [6, 6.07) is 33.6. The average molecular weight is 424 g/mol. The van der Waals surface area contributed by atoms with Crippen LogP contribution in [-0.4, -0.2) is 5.66 Å². The fraction of sp³-hybridized carbons (Fsp3) is 0.167. The van der Waals surface area contributed by atoms with Gasteiger partial charge in [0.15, 0.2) is 0 Å². The Balaban J connectivity index is 0.00000196. The Kier molecular flexibility index (Phi) is 6.46. The Labute approximate surface area is 168 Å². The summed E-state index contributed by atoms with van der Waals surface area (Å²) in [4.78, 5) is 0. The summed E-state index contributed by atoms with van der Waals surface area (Å²) >= 11 is 0. The summed E-state index contributed by atoms with van der Waals surface area (Å²) in [5, 5.41) is 3.06. The molecule has 26 heavy (non-hydrogen) atoms. The molecule has 1 atom stereocenters. The highest BCUT2D eigenvalue weighted by atomic mass is 79.9. The van der Waals surface area contributed by atoms with Crippen LogP contribution >= 0.6 is 24.2 Å². The number of rotatable bonds is 5. The minimum Gasteiger partial charge on any atom is -0.114 e. The second-order valence-corrected chi connectivity index (χ2v) is 10.5. The molecular formula is C24H25BrP+. The smallest absolute Gasteiger partial charge is 0.100 e. The highest BCUT2D eigenvalue weighted by Gasteiger charge is 2.49. The molecule has 3 aromatic rings. The van der Waals surface area contributed by atoms with Crippen molar-refractivity contribution >= 4 is 34.9 Å². The molecule has 0 fully saturated rings. The van der Waals surface area contributed by atoms with Gasteiger partial charge in [-0.25, -0.2) is 0 Å². The van der Waals surface area contributed by atoms with Crippen LogP contribution < -0.4 is 10.6 Å². The summed E-state index contributed by atoms with van der Waals surface area (Å²) in [6.07, 6.45) is 8.50. The predicted molar refractivity (Wildman–Crippen MR) is 122 cm³/mol. The molecule has 0 spiro atoms. The second kappa shape index (κ2) is 8.80. The zero-order chi connectivity index (χ0) is 17.0. The van der Waals surface area contributed by atoms with Gasteiger partial charge in [0.05, 0.1) is 19.1 Å². The zero-order valence-electron chi connectivity index (χ0n) is 14.9. The van der Waals surface area contributed by atoms with Gasteiger partial charge >= 0.3 is 0 Å². The molecule has 1 aliphatic rings. The van der Waals surface area contributed by atoms with E-state index in [4.69, 9.17) is 0 Å². The second-order valence-electron chi connectivity index (χ2n) is 6.76. The average Bonchev–Trinajstić information content (AvgIpc) is 3.23. The monoisotopic (exact) mass is 423 g/mol. The largest absolute Gasteiger partial charge is 0.114 e. The van der Waals surface area contributed by atoms with Crippen LogP contribution in [0, 0.1) is 0 Å². The molecule has 0 aromatic heterocycles. The first-order valence-corrected chi connectivity index (χ1v) is 11.1. The van der Waals surface area contributed by atoms with Gasteiger partial charge in [0.1, 0.15) is 10.6 Å². The minimum atomic E-state index is -1.56. The Bertz CT molecular complexity index is 788. The summed E-state index contributed by atoms with van der Waals surface area (Å²) < 4.78 is 0. The normalized spacial score (nSPS) is 16.2. The van der Waals surface area contributed by atoms with Crippen LogP contribution in [0.5, 0.6) is 0 Å². The van der Waals surface area contributed by atoms with Crippen molar-refractivity contribution in [3.8, 4) is 0 Å². The molecule has 0 nitrogen and oxygen atoms in total. The van der Waals surface area contributed by atoms with Gasteiger partial charge in [-0.2, -0.15) is 0 Å². The number of hydrogen-bond donors (Lipinski definition) is 0. The molecule has 4 rings (SSSR count). The molecule has 1 unspecified atom stereocenters. The number of halogens is 1. The van der Waals surface area contributed by atoms with E-state index in [1.807, 2.05) is 0 Å². The highest BCUT2D eigenvalue weighted by molar-refractivity contribution is 8.93. The quantitative estimate of drug-likeness (QED) is 0.340. The van der Waals surface area contributed by atoms with E-state index in [1.54, 1.807) is 0 Å². The molecule has 0 saturated carbocycles. The third kappa shape index (κ3) is 3.70. The molecule has 0 heterocycles. The van der Waals surface area contributed by atoms with E-state index in [-0.39, 0.29) is 17.0 Å². The molecule has 3 aromatic carbocycles. The predicted octanol–water partition coefficient (Wildman–Crippen LogP) is 6.15. The van der Waals surface area contributed by atoms with E-state index in [0.717, 1.165) is 6.16 Å². The molecule has 0 amide bonds. The van der Waals surface area contributed by atoms with Gasteiger partial charge in [0, 0.05) is 0 Å². The summed E-state index contributed by atoms with van der Waals surface area (Å²) in [5.74, 6) is 0. The first-order chi connectivity index (χ1) is 12.4. The highest BCUT2D eigenvalue weighted by Crippen LogP contribution is 2.65. The molecule has 0 saturated heterocycles. The van der Waals surface area contributed by atoms with Crippen LogP contribution in [-0.2, 0) is 6.16 Å². The van der Waals surface area contributed by atoms with E-state index >= 15 is 0 Å². The van der Waals surface area contributed by atoms with E-state index in [9.17, 15) is 0 Å². The van der Waals surface area contributed by atoms with Crippen LogP contribution in [0.1, 0.15) is 18.4 Å². The Morgan fingerprint density at radius 1 is 0.692 bits per heavy atom. The van der Waals surface area contributed by atoms with Gasteiger partial charge in [0.25, 0.3) is 0 Å². The lowest BCUT2D eigenvalue weighted by Crippen LogP contribution is -2.31. The molecule has 0 bridgehead atoms. The zero-order valence-corrected chi connectivity index (χ0v) is 17.5. The number of benzene rings is 3. The van der Waals surface area contributed by atoms with Crippen molar-refractivity contribution in [2.24, 2.45) is 0 Å². The van der Waals surface area contributed by atoms with Gasteiger partial charge in [-0.3, -0.25) is 0 Å². The maximum atomic E-state index is 2.50. The summed E-state index contributed by atoms with van der Waals surface area (Å²) in [6.45, 7) is 0. The van der Waals surface area contributed by atoms with Crippen LogP contribution in [0.25, 0.3) is 0 Å². The standard InChI is InChI=1S/C24H24P.BrH/c1-4-12-21(13-5-1)20-25(24-18-10-11-19-24,22-14-6-2-7-15-22)23-16-8-3-9-17-23;/h1-10,12-18,24H,11,19-20H2;1H/q+1;. The maximum Gasteiger partial charge on any atom is 0.100 e. The first-order valence-electron chi connectivity index (χ1n) is 9.09. The molecule has 0 radical (unpaired) electrons. The van der Waals surface area contributed by atoms with Crippen LogP contribution in [0.3, 0.4) is 0 Å². The maximum absolute atomic E-state index is 2.50. The molecule has 0 aliphatic heterocycles. The Morgan fingerprint density at radius 3 is 1.65 bits per heavy atom. The van der Waals surface area contributed by atoms with Gasteiger partial charge in [-0.15, -0.1) is 17.0 Å². The van der Waals surface area contributed by atoms with E-state index in [2.05, 4.69) is 103 Å². The molecule has 132 valence electrons. The Morgan fingerprint density at radius 2 is 1.19 bits per heavy atom. The SMILES string of the molecule is Br.C1=CC([P+](Cc2ccccc2)(c2ccccc2)c2ccccc2)CC1. The lowest BCUT2D eigenvalue weighted by Gasteiger charge is -2.32. The van der Waals surface area contributed by atoms with Gasteiger partial charge < -0.3 is 0 Å².